The molecule has 3 N–H and O–H groups in total. The summed E-state index contributed by atoms with van der Waals surface area (Å²) >= 11 is 0. The summed E-state index contributed by atoms with van der Waals surface area (Å²) < 4.78 is 45.5. The molecule has 4 rings (SSSR count). The number of nitro benzene ring substituents is 1. The zero-order chi connectivity index (χ0) is 28.8. The highest BCUT2D eigenvalue weighted by Gasteiger charge is 2.50. The van der Waals surface area contributed by atoms with Crippen LogP contribution in [0.3, 0.4) is 0 Å². The van der Waals surface area contributed by atoms with Crippen LogP contribution in [0, 0.1) is 15.9 Å². The lowest BCUT2D eigenvalue weighted by Crippen LogP contribution is -2.57. The van der Waals surface area contributed by atoms with Gasteiger partial charge in [-0.2, -0.15) is 13.2 Å². The molecule has 0 radical (unpaired) electrons. The van der Waals surface area contributed by atoms with Crippen molar-refractivity contribution >= 4 is 29.2 Å². The average Bonchev–Trinajstić information content (AvgIpc) is 3.20. The van der Waals surface area contributed by atoms with Crippen molar-refractivity contribution in [2.75, 3.05) is 37.7 Å². The number of non-ortho nitro benzene ring substituents is 1. The highest BCUT2D eigenvalue weighted by molar-refractivity contribution is 5.95. The number of likely N-dealkylation sites (tertiary alicyclic amines) is 1. The van der Waals surface area contributed by atoms with Gasteiger partial charge >= 0.3 is 12.1 Å². The van der Waals surface area contributed by atoms with Gasteiger partial charge in [-0.05, 0) is 37.1 Å². The number of nitrogens with one attached hydrogen (secondary N) is 2. The SMILES string of the molecule is O=C(NCCN1CCC2(CC1)C(=O)NCN2c1cccc(F)c1)c1cccc([N+](=O)[O-])c1.O=C(O)C(F)(F)F. The molecular weight excluding hydrogens is 530 g/mol. The number of nitrogens with zero attached hydrogens (tertiary/aromatic N) is 3. The van der Waals surface area contributed by atoms with Crippen molar-refractivity contribution in [3.63, 3.8) is 0 Å². The zero-order valence-electron chi connectivity index (χ0n) is 20.4. The largest absolute Gasteiger partial charge is 0.490 e. The second kappa shape index (κ2) is 12.1. The molecule has 0 saturated carbocycles. The lowest BCUT2D eigenvalue weighted by molar-refractivity contribution is -0.384. The first-order valence-corrected chi connectivity index (χ1v) is 11.7. The second-order valence-electron chi connectivity index (χ2n) is 8.81. The predicted octanol–water partition coefficient (Wildman–Crippen LogP) is 2.53. The Labute approximate surface area is 219 Å². The first kappa shape index (κ1) is 29.3. The zero-order valence-corrected chi connectivity index (χ0v) is 20.4. The van der Waals surface area contributed by atoms with Gasteiger partial charge in [0.15, 0.2) is 0 Å². The Kier molecular flexibility index (Phi) is 9.06. The first-order valence-electron chi connectivity index (χ1n) is 11.7. The van der Waals surface area contributed by atoms with E-state index in [0.29, 0.717) is 51.4 Å². The highest BCUT2D eigenvalue weighted by atomic mass is 19.4. The quantitative estimate of drug-likeness (QED) is 0.280. The van der Waals surface area contributed by atoms with Gasteiger partial charge in [-0.15, -0.1) is 0 Å². The lowest BCUT2D eigenvalue weighted by atomic mass is 9.85. The third kappa shape index (κ3) is 7.19. The van der Waals surface area contributed by atoms with Crippen LogP contribution in [0.1, 0.15) is 23.2 Å². The fraction of sp³-hybridized carbons (Fsp3) is 0.375. The number of nitro groups is 1. The number of carbonyl (C=O) groups is 3. The Bertz CT molecular complexity index is 1230. The van der Waals surface area contributed by atoms with E-state index in [1.807, 2.05) is 4.90 Å². The van der Waals surface area contributed by atoms with Gasteiger partial charge in [0.25, 0.3) is 11.6 Å². The number of anilines is 1. The van der Waals surface area contributed by atoms with Crippen molar-refractivity contribution in [3.05, 3.63) is 70.0 Å². The topological polar surface area (TPSA) is 145 Å². The molecule has 2 fully saturated rings. The smallest absolute Gasteiger partial charge is 0.475 e. The average molecular weight is 555 g/mol. The van der Waals surface area contributed by atoms with Crippen LogP contribution < -0.4 is 15.5 Å². The first-order chi connectivity index (χ1) is 18.3. The minimum Gasteiger partial charge on any atom is -0.475 e. The minimum atomic E-state index is -5.08. The van der Waals surface area contributed by atoms with E-state index in [-0.39, 0.29) is 28.9 Å². The Morgan fingerprint density at radius 1 is 1.13 bits per heavy atom. The summed E-state index contributed by atoms with van der Waals surface area (Å²) in [4.78, 5) is 48.3. The molecule has 2 aromatic rings. The summed E-state index contributed by atoms with van der Waals surface area (Å²) in [6.45, 7) is 2.64. The van der Waals surface area contributed by atoms with Gasteiger partial charge in [-0.25, -0.2) is 9.18 Å². The molecule has 2 aliphatic rings. The molecule has 2 aromatic carbocycles. The summed E-state index contributed by atoms with van der Waals surface area (Å²) in [6, 6.07) is 11.9. The Morgan fingerprint density at radius 3 is 2.36 bits per heavy atom. The third-order valence-corrected chi connectivity index (χ3v) is 6.42. The molecule has 0 aromatic heterocycles. The van der Waals surface area contributed by atoms with Crippen molar-refractivity contribution in [1.29, 1.82) is 0 Å². The number of carboxylic acid groups (broad SMARTS) is 1. The number of hydrogen-bond acceptors (Lipinski definition) is 7. The molecule has 15 heteroatoms. The van der Waals surface area contributed by atoms with Crippen LogP contribution >= 0.6 is 0 Å². The number of aliphatic carboxylic acids is 1. The summed E-state index contributed by atoms with van der Waals surface area (Å²) in [5.74, 6) is -3.50. The van der Waals surface area contributed by atoms with Crippen molar-refractivity contribution in [2.45, 2.75) is 24.6 Å². The molecule has 210 valence electrons. The van der Waals surface area contributed by atoms with Crippen LogP contribution in [0.5, 0.6) is 0 Å². The molecule has 2 heterocycles. The van der Waals surface area contributed by atoms with Crippen molar-refractivity contribution in [3.8, 4) is 0 Å². The molecule has 0 unspecified atom stereocenters. The number of alkyl halides is 3. The van der Waals surface area contributed by atoms with Gasteiger partial charge in [0.05, 0.1) is 11.6 Å². The summed E-state index contributed by atoms with van der Waals surface area (Å²) in [6.07, 6.45) is -3.90. The molecule has 0 atom stereocenters. The van der Waals surface area contributed by atoms with Crippen molar-refractivity contribution < 1.29 is 42.0 Å². The van der Waals surface area contributed by atoms with E-state index in [1.54, 1.807) is 12.1 Å². The van der Waals surface area contributed by atoms with Crippen LogP contribution in [0.25, 0.3) is 0 Å². The molecule has 2 amide bonds. The van der Waals surface area contributed by atoms with Gasteiger partial charge < -0.3 is 25.5 Å². The van der Waals surface area contributed by atoms with E-state index < -0.39 is 22.6 Å². The maximum atomic E-state index is 13.7. The standard InChI is InChI=1S/C22H24FN5O4.C2HF3O2/c23-17-4-2-5-18(14-17)27-15-25-21(30)22(27)7-10-26(11-8-22)12-9-24-20(29)16-3-1-6-19(13-16)28(31)32;3-2(4,5)1(6)7/h1-6,13-14H,7-12,15H2,(H,24,29)(H,25,30);(H,6,7). The number of carbonyl (C=O) groups excluding carboxylic acids is 2. The highest BCUT2D eigenvalue weighted by Crippen LogP contribution is 2.36. The van der Waals surface area contributed by atoms with E-state index in [1.165, 1.54) is 36.4 Å². The molecular formula is C24H25F4N5O6. The van der Waals surface area contributed by atoms with E-state index >= 15 is 0 Å². The third-order valence-electron chi connectivity index (χ3n) is 6.42. The summed E-state index contributed by atoms with van der Waals surface area (Å²) in [5, 5.41) is 23.7. The number of piperidine rings is 1. The number of carboxylic acids is 1. The normalized spacial score (nSPS) is 16.7. The Morgan fingerprint density at radius 2 is 1.77 bits per heavy atom. The molecule has 39 heavy (non-hydrogen) atoms. The van der Waals surface area contributed by atoms with Crippen molar-refractivity contribution in [2.24, 2.45) is 0 Å². The van der Waals surface area contributed by atoms with Crippen LogP contribution in [-0.2, 0) is 9.59 Å². The monoisotopic (exact) mass is 555 g/mol. The maximum absolute atomic E-state index is 13.7. The van der Waals surface area contributed by atoms with Crippen LogP contribution in [0.4, 0.5) is 28.9 Å². The fourth-order valence-corrected chi connectivity index (χ4v) is 4.41. The maximum Gasteiger partial charge on any atom is 0.490 e. The van der Waals surface area contributed by atoms with Gasteiger partial charge in [0.1, 0.15) is 11.4 Å². The fourth-order valence-electron chi connectivity index (χ4n) is 4.41. The van der Waals surface area contributed by atoms with E-state index in [9.17, 15) is 37.3 Å². The molecule has 1 spiro atoms. The van der Waals surface area contributed by atoms with Crippen LogP contribution in [0.2, 0.25) is 0 Å². The van der Waals surface area contributed by atoms with E-state index in [4.69, 9.17) is 9.90 Å². The van der Waals surface area contributed by atoms with Gasteiger partial charge in [-0.1, -0.05) is 12.1 Å². The second-order valence-corrected chi connectivity index (χ2v) is 8.81. The number of benzene rings is 2. The number of amides is 2. The predicted molar refractivity (Wildman–Crippen MR) is 129 cm³/mol. The van der Waals surface area contributed by atoms with E-state index in [2.05, 4.69) is 15.5 Å². The van der Waals surface area contributed by atoms with Crippen molar-refractivity contribution in [1.82, 2.24) is 15.5 Å². The molecule has 2 aliphatic heterocycles. The van der Waals surface area contributed by atoms with Crippen LogP contribution in [-0.4, -0.2) is 77.3 Å². The molecule has 2 saturated heterocycles. The molecule has 0 bridgehead atoms. The number of halogens is 4. The molecule has 0 aliphatic carbocycles. The summed E-state index contributed by atoms with van der Waals surface area (Å²) in [7, 11) is 0. The molecule has 11 nitrogen and oxygen atoms in total. The summed E-state index contributed by atoms with van der Waals surface area (Å²) in [5.41, 5.74) is 0.0964. The van der Waals surface area contributed by atoms with Gasteiger partial charge in [0, 0.05) is 49.6 Å². The van der Waals surface area contributed by atoms with E-state index in [0.717, 1.165) is 0 Å². The number of hydrogen-bond donors (Lipinski definition) is 3. The van der Waals surface area contributed by atoms with Gasteiger partial charge in [0.2, 0.25) is 5.91 Å². The lowest BCUT2D eigenvalue weighted by Gasteiger charge is -2.43. The van der Waals surface area contributed by atoms with Gasteiger partial charge in [-0.3, -0.25) is 19.7 Å². The Balaban J connectivity index is 0.000000532. The van der Waals surface area contributed by atoms with Crippen LogP contribution in [0.15, 0.2) is 48.5 Å². The Hall–Kier alpha value is -4.27. The minimum absolute atomic E-state index is 0.0413. The number of rotatable bonds is 6.